The molecular formula is C15H13N3O3S. The summed E-state index contributed by atoms with van der Waals surface area (Å²) >= 11 is 1.07. The molecular weight excluding hydrogens is 302 g/mol. The third-order valence-corrected chi connectivity index (χ3v) is 3.80. The van der Waals surface area contributed by atoms with Crippen LogP contribution in [0.15, 0.2) is 40.9 Å². The van der Waals surface area contributed by atoms with Gasteiger partial charge in [-0.15, -0.1) is 0 Å². The van der Waals surface area contributed by atoms with Gasteiger partial charge in [0.1, 0.15) is 10.6 Å². The van der Waals surface area contributed by atoms with Crippen molar-refractivity contribution >= 4 is 22.5 Å². The van der Waals surface area contributed by atoms with E-state index < -0.39 is 5.97 Å². The molecule has 2 aromatic heterocycles. The summed E-state index contributed by atoms with van der Waals surface area (Å²) in [6.07, 6.45) is 1.60. The molecule has 0 atom stereocenters. The Kier molecular flexibility index (Phi) is 3.88. The molecule has 3 rings (SSSR count). The molecule has 0 bridgehead atoms. The fourth-order valence-corrected chi connectivity index (χ4v) is 2.60. The molecule has 7 heteroatoms. The molecule has 22 heavy (non-hydrogen) atoms. The molecule has 0 saturated carbocycles. The number of ether oxygens (including phenoxy) is 1. The lowest BCUT2D eigenvalue weighted by atomic mass is 10.2. The van der Waals surface area contributed by atoms with Crippen LogP contribution in [0.4, 0.5) is 5.00 Å². The normalized spacial score (nSPS) is 10.6. The molecule has 1 aromatic carbocycles. The van der Waals surface area contributed by atoms with Gasteiger partial charge in [0.15, 0.2) is 12.4 Å². The topological polar surface area (TPSA) is 91.2 Å². The van der Waals surface area contributed by atoms with Crippen molar-refractivity contribution in [3.63, 3.8) is 0 Å². The maximum atomic E-state index is 12.0. The summed E-state index contributed by atoms with van der Waals surface area (Å²) in [5.41, 5.74) is 7.48. The predicted octanol–water partition coefficient (Wildman–Crippen LogP) is 3.05. The number of anilines is 1. The highest BCUT2D eigenvalue weighted by Gasteiger charge is 2.19. The number of rotatable bonds is 4. The van der Waals surface area contributed by atoms with Crippen molar-refractivity contribution in [2.45, 2.75) is 13.5 Å². The summed E-state index contributed by atoms with van der Waals surface area (Å²) in [7, 11) is 0. The van der Waals surface area contributed by atoms with Crippen molar-refractivity contribution in [2.24, 2.45) is 0 Å². The molecule has 0 saturated heterocycles. The fraction of sp³-hybridized carbons (Fsp3) is 0.133. The smallest absolute Gasteiger partial charge is 0.343 e. The summed E-state index contributed by atoms with van der Waals surface area (Å²) in [6, 6.07) is 9.57. The van der Waals surface area contributed by atoms with Crippen LogP contribution in [-0.4, -0.2) is 15.3 Å². The quantitative estimate of drug-likeness (QED) is 0.744. The van der Waals surface area contributed by atoms with E-state index in [2.05, 4.69) is 9.36 Å². The summed E-state index contributed by atoms with van der Waals surface area (Å²) in [6.45, 7) is 1.66. The van der Waals surface area contributed by atoms with Gasteiger partial charge in [0, 0.05) is 5.56 Å². The molecule has 0 aliphatic rings. The number of carbonyl (C=O) groups excluding carboxylic acids is 1. The van der Waals surface area contributed by atoms with E-state index in [1.807, 2.05) is 30.3 Å². The van der Waals surface area contributed by atoms with Crippen LogP contribution in [0.2, 0.25) is 0 Å². The predicted molar refractivity (Wildman–Crippen MR) is 82.3 cm³/mol. The number of hydrogen-bond donors (Lipinski definition) is 1. The molecule has 0 radical (unpaired) electrons. The maximum Gasteiger partial charge on any atom is 0.343 e. The molecule has 2 N–H and O–H groups in total. The van der Waals surface area contributed by atoms with Crippen molar-refractivity contribution in [1.82, 2.24) is 9.36 Å². The van der Waals surface area contributed by atoms with Crippen molar-refractivity contribution in [2.75, 3.05) is 5.73 Å². The molecule has 0 fully saturated rings. The minimum Gasteiger partial charge on any atom is -0.452 e. The Hall–Kier alpha value is -2.67. The number of aromatic nitrogens is 2. The maximum absolute atomic E-state index is 12.0. The zero-order valence-corrected chi connectivity index (χ0v) is 12.6. The second-order valence-electron chi connectivity index (χ2n) is 4.57. The van der Waals surface area contributed by atoms with Gasteiger partial charge in [-0.3, -0.25) is 0 Å². The molecule has 6 nitrogen and oxygen atoms in total. The molecule has 0 aliphatic carbocycles. The lowest BCUT2D eigenvalue weighted by Gasteiger charge is -2.02. The molecule has 0 unspecified atom stereocenters. The highest BCUT2D eigenvalue weighted by Crippen LogP contribution is 2.23. The Morgan fingerprint density at radius 2 is 2.14 bits per heavy atom. The van der Waals surface area contributed by atoms with Crippen LogP contribution in [0.25, 0.3) is 11.3 Å². The van der Waals surface area contributed by atoms with E-state index in [4.69, 9.17) is 14.9 Å². The fourth-order valence-electron chi connectivity index (χ4n) is 1.95. The van der Waals surface area contributed by atoms with Crippen LogP contribution >= 0.6 is 11.5 Å². The van der Waals surface area contributed by atoms with Gasteiger partial charge in [-0.05, 0) is 18.5 Å². The van der Waals surface area contributed by atoms with E-state index in [0.29, 0.717) is 27.9 Å². The lowest BCUT2D eigenvalue weighted by Crippen LogP contribution is -2.08. The van der Waals surface area contributed by atoms with E-state index in [9.17, 15) is 4.79 Å². The first-order valence-corrected chi connectivity index (χ1v) is 7.31. The van der Waals surface area contributed by atoms with E-state index >= 15 is 0 Å². The summed E-state index contributed by atoms with van der Waals surface area (Å²) in [4.78, 5) is 16.1. The third-order valence-electron chi connectivity index (χ3n) is 3.03. The first-order chi connectivity index (χ1) is 10.6. The molecule has 0 amide bonds. The number of esters is 1. The van der Waals surface area contributed by atoms with Crippen LogP contribution in [-0.2, 0) is 11.3 Å². The Morgan fingerprint density at radius 3 is 2.82 bits per heavy atom. The number of hydrogen-bond acceptors (Lipinski definition) is 7. The second kappa shape index (κ2) is 5.98. The zero-order chi connectivity index (χ0) is 15.5. The van der Waals surface area contributed by atoms with Crippen molar-refractivity contribution < 1.29 is 13.9 Å². The third kappa shape index (κ3) is 2.84. The van der Waals surface area contributed by atoms with Crippen LogP contribution in [0, 0.1) is 6.92 Å². The van der Waals surface area contributed by atoms with E-state index in [-0.39, 0.29) is 6.61 Å². The zero-order valence-electron chi connectivity index (χ0n) is 11.8. The summed E-state index contributed by atoms with van der Waals surface area (Å²) in [5, 5.41) is 0.347. The molecule has 3 aromatic rings. The number of oxazole rings is 1. The molecule has 112 valence electrons. The Balaban J connectivity index is 1.68. The minimum atomic E-state index is -0.525. The minimum absolute atomic E-state index is 0.0552. The number of carbonyl (C=O) groups is 1. The highest BCUT2D eigenvalue weighted by molar-refractivity contribution is 7.10. The second-order valence-corrected chi connectivity index (χ2v) is 5.37. The van der Waals surface area contributed by atoms with Gasteiger partial charge < -0.3 is 14.9 Å². The Labute approximate surface area is 130 Å². The van der Waals surface area contributed by atoms with Gasteiger partial charge in [0.05, 0.1) is 11.9 Å². The average Bonchev–Trinajstić information content (AvgIpc) is 3.13. The first-order valence-electron chi connectivity index (χ1n) is 6.54. The average molecular weight is 315 g/mol. The van der Waals surface area contributed by atoms with Gasteiger partial charge in [0.2, 0.25) is 5.89 Å². The van der Waals surface area contributed by atoms with Gasteiger partial charge in [-0.2, -0.15) is 4.37 Å². The number of nitrogens with two attached hydrogens (primary N) is 1. The Bertz CT molecular complexity index is 776. The van der Waals surface area contributed by atoms with Crippen LogP contribution in [0.3, 0.4) is 0 Å². The largest absolute Gasteiger partial charge is 0.452 e. The number of nitrogen functional groups attached to an aromatic ring is 1. The molecule has 0 aliphatic heterocycles. The molecule has 0 spiro atoms. The summed E-state index contributed by atoms with van der Waals surface area (Å²) < 4.78 is 14.8. The summed E-state index contributed by atoms with van der Waals surface area (Å²) in [5.74, 6) is 0.425. The SMILES string of the molecule is Cc1nsc(N)c1C(=O)OCc1ncc(-c2ccccc2)o1. The van der Waals surface area contributed by atoms with E-state index in [0.717, 1.165) is 17.1 Å². The van der Waals surface area contributed by atoms with Crippen LogP contribution < -0.4 is 5.73 Å². The van der Waals surface area contributed by atoms with Gasteiger partial charge in [-0.1, -0.05) is 30.3 Å². The van der Waals surface area contributed by atoms with Gasteiger partial charge >= 0.3 is 5.97 Å². The Morgan fingerprint density at radius 1 is 1.36 bits per heavy atom. The first kappa shape index (κ1) is 14.3. The standard InChI is InChI=1S/C15H13N3O3S/c1-9-13(14(16)22-18-9)15(19)20-8-12-17-7-11(21-12)10-5-3-2-4-6-10/h2-7H,8,16H2,1H3. The van der Waals surface area contributed by atoms with Crippen LogP contribution in [0.1, 0.15) is 21.9 Å². The number of nitrogens with zero attached hydrogens (tertiary/aromatic N) is 2. The van der Waals surface area contributed by atoms with E-state index in [1.165, 1.54) is 0 Å². The monoisotopic (exact) mass is 315 g/mol. The lowest BCUT2D eigenvalue weighted by molar-refractivity contribution is 0.0439. The number of benzene rings is 1. The van der Waals surface area contributed by atoms with Gasteiger partial charge in [0.25, 0.3) is 0 Å². The molecule has 2 heterocycles. The van der Waals surface area contributed by atoms with Crippen molar-refractivity contribution in [3.05, 3.63) is 53.7 Å². The number of aryl methyl sites for hydroxylation is 1. The van der Waals surface area contributed by atoms with Crippen LogP contribution in [0.5, 0.6) is 0 Å². The van der Waals surface area contributed by atoms with E-state index in [1.54, 1.807) is 13.1 Å². The van der Waals surface area contributed by atoms with Crippen molar-refractivity contribution in [1.29, 1.82) is 0 Å². The van der Waals surface area contributed by atoms with Gasteiger partial charge in [-0.25, -0.2) is 9.78 Å². The van der Waals surface area contributed by atoms with Crippen molar-refractivity contribution in [3.8, 4) is 11.3 Å². The highest BCUT2D eigenvalue weighted by atomic mass is 32.1.